The van der Waals surface area contributed by atoms with Crippen LogP contribution in [0, 0.1) is 6.92 Å². The van der Waals surface area contributed by atoms with Crippen molar-refractivity contribution in [3.8, 4) is 5.88 Å². The molecule has 0 radical (unpaired) electrons. The molecule has 3 aromatic rings. The number of rotatable bonds is 3. The molecule has 0 unspecified atom stereocenters. The molecule has 0 fully saturated rings. The number of carbonyl (C=O) groups is 1. The Morgan fingerprint density at radius 2 is 1.90 bits per heavy atom. The van der Waals surface area contributed by atoms with Gasteiger partial charge in [-0.2, -0.15) is 0 Å². The van der Waals surface area contributed by atoms with Gasteiger partial charge in [-0.1, -0.05) is 18.2 Å². The van der Waals surface area contributed by atoms with E-state index in [-0.39, 0.29) is 17.4 Å². The van der Waals surface area contributed by atoms with Crippen LogP contribution in [0.3, 0.4) is 0 Å². The van der Waals surface area contributed by atoms with Crippen molar-refractivity contribution in [1.29, 1.82) is 0 Å². The van der Waals surface area contributed by atoms with Gasteiger partial charge in [-0.15, -0.1) is 0 Å². The highest BCUT2D eigenvalue weighted by atomic mass is 16.5. The number of fused-ring (bicyclic) bond motifs is 1. The third kappa shape index (κ3) is 2.33. The Morgan fingerprint density at radius 1 is 1.14 bits per heavy atom. The lowest BCUT2D eigenvalue weighted by Crippen LogP contribution is -2.09. The largest absolute Gasteiger partial charge is 0.479 e. The van der Waals surface area contributed by atoms with Crippen molar-refractivity contribution in [2.24, 2.45) is 0 Å². The number of aryl methyl sites for hydroxylation is 1. The Labute approximate surface area is 121 Å². The molecule has 0 aliphatic carbocycles. The molecule has 2 heterocycles. The van der Waals surface area contributed by atoms with Crippen LogP contribution in [0.25, 0.3) is 10.9 Å². The second-order valence-corrected chi connectivity index (χ2v) is 4.57. The van der Waals surface area contributed by atoms with E-state index in [1.54, 1.807) is 6.07 Å². The number of para-hydroxylation sites is 1. The molecule has 2 aromatic heterocycles. The zero-order valence-corrected chi connectivity index (χ0v) is 11.7. The number of nitrogens with zero attached hydrogens (tertiary/aromatic N) is 3. The number of pyridine rings is 1. The molecular formula is C16H13N3O2. The van der Waals surface area contributed by atoms with E-state index in [4.69, 9.17) is 4.74 Å². The van der Waals surface area contributed by atoms with Crippen molar-refractivity contribution in [1.82, 2.24) is 15.0 Å². The average Bonchev–Trinajstić information content (AvgIpc) is 2.53. The van der Waals surface area contributed by atoms with Gasteiger partial charge in [0.25, 0.3) is 0 Å². The highest BCUT2D eigenvalue weighted by Gasteiger charge is 2.19. The van der Waals surface area contributed by atoms with Crippen molar-refractivity contribution in [2.75, 3.05) is 7.11 Å². The molecule has 0 atom stereocenters. The summed E-state index contributed by atoms with van der Waals surface area (Å²) in [5.74, 6) is 0.00250. The predicted molar refractivity (Wildman–Crippen MR) is 78.5 cm³/mol. The first kappa shape index (κ1) is 13.2. The molecule has 5 nitrogen and oxygen atoms in total. The lowest BCUT2D eigenvalue weighted by molar-refractivity contribution is 0.103. The fourth-order valence-corrected chi connectivity index (χ4v) is 2.25. The molecule has 21 heavy (non-hydrogen) atoms. The normalized spacial score (nSPS) is 10.6. The number of carbonyl (C=O) groups excluding carboxylic acids is 1. The minimum absolute atomic E-state index is 0.204. The molecule has 0 saturated carbocycles. The standard InChI is InChI=1S/C16H13N3O2/c1-10-9-12(11-5-3-4-6-13(11)19-10)15(20)14-16(21-2)18-8-7-17-14/h3-9H,1-2H3. The van der Waals surface area contributed by atoms with Gasteiger partial charge in [0.15, 0.2) is 5.69 Å². The molecule has 0 saturated heterocycles. The smallest absolute Gasteiger partial charge is 0.243 e. The Hall–Kier alpha value is -2.82. The summed E-state index contributed by atoms with van der Waals surface area (Å²) in [4.78, 5) is 25.3. The molecule has 0 aliphatic heterocycles. The lowest BCUT2D eigenvalue weighted by atomic mass is 10.0. The molecule has 0 bridgehead atoms. The Kier molecular flexibility index (Phi) is 3.31. The number of benzene rings is 1. The quantitative estimate of drug-likeness (QED) is 0.689. The molecule has 3 rings (SSSR count). The number of methoxy groups -OCH3 is 1. The molecule has 0 amide bonds. The fourth-order valence-electron chi connectivity index (χ4n) is 2.25. The fraction of sp³-hybridized carbons (Fsp3) is 0.125. The molecule has 0 N–H and O–H groups in total. The summed E-state index contributed by atoms with van der Waals surface area (Å²) < 4.78 is 5.12. The van der Waals surface area contributed by atoms with E-state index in [1.807, 2.05) is 31.2 Å². The highest BCUT2D eigenvalue weighted by Crippen LogP contribution is 2.23. The first-order valence-electron chi connectivity index (χ1n) is 6.47. The topological polar surface area (TPSA) is 65.0 Å². The zero-order chi connectivity index (χ0) is 14.8. The van der Waals surface area contributed by atoms with Crippen molar-refractivity contribution in [3.05, 3.63) is 59.7 Å². The van der Waals surface area contributed by atoms with E-state index < -0.39 is 0 Å². The summed E-state index contributed by atoms with van der Waals surface area (Å²) in [6, 6.07) is 9.29. The molecule has 5 heteroatoms. The van der Waals surface area contributed by atoms with Gasteiger partial charge >= 0.3 is 0 Å². The number of ketones is 1. The summed E-state index contributed by atoms with van der Waals surface area (Å²) in [6.45, 7) is 1.86. The number of hydrogen-bond donors (Lipinski definition) is 0. The SMILES string of the molecule is COc1nccnc1C(=O)c1cc(C)nc2ccccc12. The summed E-state index contributed by atoms with van der Waals surface area (Å²) in [5.41, 5.74) is 2.32. The Bertz CT molecular complexity index is 831. The van der Waals surface area contributed by atoms with Gasteiger partial charge in [-0.3, -0.25) is 9.78 Å². The van der Waals surface area contributed by atoms with Crippen LogP contribution in [-0.2, 0) is 0 Å². The minimum atomic E-state index is -0.221. The molecule has 0 aliphatic rings. The van der Waals surface area contributed by atoms with Gasteiger partial charge in [-0.25, -0.2) is 9.97 Å². The third-order valence-corrected chi connectivity index (χ3v) is 3.16. The van der Waals surface area contributed by atoms with Crippen LogP contribution in [0.1, 0.15) is 21.7 Å². The zero-order valence-electron chi connectivity index (χ0n) is 11.7. The van der Waals surface area contributed by atoms with Gasteiger partial charge in [0.2, 0.25) is 11.7 Å². The molecular weight excluding hydrogens is 266 g/mol. The van der Waals surface area contributed by atoms with Gasteiger partial charge in [0.1, 0.15) is 0 Å². The lowest BCUT2D eigenvalue weighted by Gasteiger charge is -2.08. The minimum Gasteiger partial charge on any atom is -0.479 e. The van der Waals surface area contributed by atoms with E-state index >= 15 is 0 Å². The maximum Gasteiger partial charge on any atom is 0.243 e. The Balaban J connectivity index is 2.22. The van der Waals surface area contributed by atoms with Crippen molar-refractivity contribution < 1.29 is 9.53 Å². The van der Waals surface area contributed by atoms with Crippen LogP contribution in [0.15, 0.2) is 42.7 Å². The monoisotopic (exact) mass is 279 g/mol. The summed E-state index contributed by atoms with van der Waals surface area (Å²) >= 11 is 0. The van der Waals surface area contributed by atoms with Crippen molar-refractivity contribution in [2.45, 2.75) is 6.92 Å². The summed E-state index contributed by atoms with van der Waals surface area (Å²) in [6.07, 6.45) is 2.97. The van der Waals surface area contributed by atoms with Gasteiger partial charge in [-0.05, 0) is 19.1 Å². The van der Waals surface area contributed by atoms with E-state index in [2.05, 4.69) is 15.0 Å². The summed E-state index contributed by atoms with van der Waals surface area (Å²) in [5, 5.41) is 0.792. The van der Waals surface area contributed by atoms with Crippen LogP contribution in [0.4, 0.5) is 0 Å². The first-order valence-corrected chi connectivity index (χ1v) is 6.47. The van der Waals surface area contributed by atoms with Crippen LogP contribution < -0.4 is 4.74 Å². The van der Waals surface area contributed by atoms with Crippen LogP contribution in [0.2, 0.25) is 0 Å². The highest BCUT2D eigenvalue weighted by molar-refractivity contribution is 6.16. The second-order valence-electron chi connectivity index (χ2n) is 4.57. The first-order chi connectivity index (χ1) is 10.2. The van der Waals surface area contributed by atoms with E-state index in [0.29, 0.717) is 5.56 Å². The number of ether oxygens (including phenoxy) is 1. The van der Waals surface area contributed by atoms with Crippen molar-refractivity contribution in [3.63, 3.8) is 0 Å². The summed E-state index contributed by atoms with van der Waals surface area (Å²) in [7, 11) is 1.47. The van der Waals surface area contributed by atoms with Crippen molar-refractivity contribution >= 4 is 16.7 Å². The van der Waals surface area contributed by atoms with Gasteiger partial charge < -0.3 is 4.74 Å². The van der Waals surface area contributed by atoms with E-state index in [9.17, 15) is 4.79 Å². The van der Waals surface area contributed by atoms with Crippen LogP contribution in [-0.4, -0.2) is 27.8 Å². The van der Waals surface area contributed by atoms with Gasteiger partial charge in [0, 0.05) is 29.0 Å². The third-order valence-electron chi connectivity index (χ3n) is 3.16. The average molecular weight is 279 g/mol. The predicted octanol–water partition coefficient (Wildman–Crippen LogP) is 2.57. The van der Waals surface area contributed by atoms with Gasteiger partial charge in [0.05, 0.1) is 12.6 Å². The molecule has 1 aromatic carbocycles. The maximum atomic E-state index is 12.8. The van der Waals surface area contributed by atoms with E-state index in [0.717, 1.165) is 16.6 Å². The number of hydrogen-bond acceptors (Lipinski definition) is 5. The molecule has 104 valence electrons. The Morgan fingerprint density at radius 3 is 2.71 bits per heavy atom. The number of aromatic nitrogens is 3. The van der Waals surface area contributed by atoms with E-state index in [1.165, 1.54) is 19.5 Å². The maximum absolute atomic E-state index is 12.8. The van der Waals surface area contributed by atoms with Crippen LogP contribution >= 0.6 is 0 Å². The van der Waals surface area contributed by atoms with Crippen LogP contribution in [0.5, 0.6) is 5.88 Å². The molecule has 0 spiro atoms. The second kappa shape index (κ2) is 5.28.